The van der Waals surface area contributed by atoms with Gasteiger partial charge in [0.25, 0.3) is 0 Å². The average molecular weight is 256 g/mol. The third kappa shape index (κ3) is 4.52. The molecule has 0 saturated heterocycles. The third-order valence-electron chi connectivity index (χ3n) is 2.25. The molecule has 0 radical (unpaired) electrons. The predicted molar refractivity (Wildman–Crippen MR) is 62.0 cm³/mol. The summed E-state index contributed by atoms with van der Waals surface area (Å²) >= 11 is 0. The number of nitrogens with one attached hydrogen (secondary N) is 1. The molecule has 1 aromatic rings. The van der Waals surface area contributed by atoms with Crippen molar-refractivity contribution >= 4 is 11.9 Å². The van der Waals surface area contributed by atoms with E-state index in [0.717, 1.165) is 0 Å². The first kappa shape index (κ1) is 14.1. The summed E-state index contributed by atoms with van der Waals surface area (Å²) in [5.74, 6) is -1.97. The Kier molecular flexibility index (Phi) is 5.28. The Balaban J connectivity index is 2.60. The summed E-state index contributed by atoms with van der Waals surface area (Å²) in [7, 11) is 0. The quantitative estimate of drug-likeness (QED) is 0.445. The maximum Gasteiger partial charge on any atom is 0.323 e. The highest BCUT2D eigenvalue weighted by Crippen LogP contribution is 2.01. The molecule has 0 aliphatic heterocycles. The van der Waals surface area contributed by atoms with Crippen molar-refractivity contribution in [3.05, 3.63) is 18.2 Å². The van der Waals surface area contributed by atoms with Crippen LogP contribution in [0.2, 0.25) is 0 Å². The molecule has 1 unspecified atom stereocenters. The number of nitrogens with zero attached hydrogens (tertiary/aromatic N) is 2. The zero-order valence-electron chi connectivity index (χ0n) is 9.74. The summed E-state index contributed by atoms with van der Waals surface area (Å²) < 4.78 is 1.39. The van der Waals surface area contributed by atoms with Gasteiger partial charge in [-0.2, -0.15) is 0 Å². The van der Waals surface area contributed by atoms with Gasteiger partial charge in [-0.05, 0) is 0 Å². The lowest BCUT2D eigenvalue weighted by molar-refractivity contribution is -0.139. The van der Waals surface area contributed by atoms with Gasteiger partial charge in [-0.1, -0.05) is 0 Å². The molecular formula is C10H16N4O4. The first-order valence-corrected chi connectivity index (χ1v) is 5.41. The van der Waals surface area contributed by atoms with Crippen molar-refractivity contribution < 1.29 is 19.8 Å². The number of rotatable bonds is 8. The van der Waals surface area contributed by atoms with E-state index in [2.05, 4.69) is 10.3 Å². The number of aromatic nitrogens is 2. The predicted octanol–water partition coefficient (Wildman–Crippen LogP) is -1.49. The normalized spacial score (nSPS) is 12.3. The molecule has 1 aromatic heterocycles. The van der Waals surface area contributed by atoms with E-state index in [1.165, 1.54) is 17.1 Å². The van der Waals surface area contributed by atoms with Crippen LogP contribution in [0.15, 0.2) is 12.5 Å². The molecule has 8 heteroatoms. The molecule has 18 heavy (non-hydrogen) atoms. The second kappa shape index (κ2) is 6.72. The topological polar surface area (TPSA) is 130 Å². The fourth-order valence-corrected chi connectivity index (χ4v) is 1.47. The molecule has 1 rings (SSSR count). The minimum atomic E-state index is -0.990. The Labute approximate surface area is 103 Å². The summed E-state index contributed by atoms with van der Waals surface area (Å²) in [6, 6.07) is -0.776. The van der Waals surface area contributed by atoms with Crippen LogP contribution in [0.25, 0.3) is 0 Å². The SMILES string of the molecule is NCCNC(Cc1cn(CC(=O)O)cn1)C(=O)O. The molecule has 8 nitrogen and oxygen atoms in total. The van der Waals surface area contributed by atoms with Crippen LogP contribution in [-0.4, -0.2) is 50.8 Å². The van der Waals surface area contributed by atoms with E-state index in [9.17, 15) is 9.59 Å². The lowest BCUT2D eigenvalue weighted by atomic mass is 10.1. The highest BCUT2D eigenvalue weighted by atomic mass is 16.4. The maximum absolute atomic E-state index is 11.0. The van der Waals surface area contributed by atoms with Crippen LogP contribution in [0.1, 0.15) is 5.69 Å². The van der Waals surface area contributed by atoms with Gasteiger partial charge < -0.3 is 25.8 Å². The molecule has 0 saturated carbocycles. The summed E-state index contributed by atoms with van der Waals surface area (Å²) in [4.78, 5) is 25.4. The highest BCUT2D eigenvalue weighted by molar-refractivity contribution is 5.73. The average Bonchev–Trinajstić information content (AvgIpc) is 2.70. The van der Waals surface area contributed by atoms with Crippen LogP contribution in [-0.2, 0) is 22.6 Å². The van der Waals surface area contributed by atoms with E-state index in [1.54, 1.807) is 0 Å². The summed E-state index contributed by atoms with van der Waals surface area (Å²) in [5.41, 5.74) is 5.81. The molecule has 0 spiro atoms. The first-order chi connectivity index (χ1) is 8.52. The largest absolute Gasteiger partial charge is 0.480 e. The number of imidazole rings is 1. The molecule has 5 N–H and O–H groups in total. The minimum Gasteiger partial charge on any atom is -0.480 e. The molecule has 0 amide bonds. The van der Waals surface area contributed by atoms with Crippen LogP contribution < -0.4 is 11.1 Å². The summed E-state index contributed by atoms with van der Waals surface area (Å²) in [5, 5.41) is 20.4. The van der Waals surface area contributed by atoms with Crippen LogP contribution in [0.4, 0.5) is 0 Å². The van der Waals surface area contributed by atoms with E-state index in [4.69, 9.17) is 15.9 Å². The molecule has 0 fully saturated rings. The van der Waals surface area contributed by atoms with Gasteiger partial charge in [0.2, 0.25) is 0 Å². The van der Waals surface area contributed by atoms with Gasteiger partial charge in [-0.15, -0.1) is 0 Å². The van der Waals surface area contributed by atoms with Crippen molar-refractivity contribution in [3.63, 3.8) is 0 Å². The molecule has 0 aromatic carbocycles. The molecule has 1 heterocycles. The van der Waals surface area contributed by atoms with Gasteiger partial charge in [-0.3, -0.25) is 9.59 Å². The van der Waals surface area contributed by atoms with Crippen LogP contribution in [0.3, 0.4) is 0 Å². The van der Waals surface area contributed by atoms with Crippen molar-refractivity contribution in [3.8, 4) is 0 Å². The van der Waals surface area contributed by atoms with Gasteiger partial charge >= 0.3 is 11.9 Å². The lowest BCUT2D eigenvalue weighted by Gasteiger charge is -2.11. The second-order valence-electron chi connectivity index (χ2n) is 3.77. The number of aliphatic carboxylic acids is 2. The number of carboxylic acid groups (broad SMARTS) is 2. The smallest absolute Gasteiger partial charge is 0.323 e. The Morgan fingerprint density at radius 1 is 1.50 bits per heavy atom. The van der Waals surface area contributed by atoms with Gasteiger partial charge in [-0.25, -0.2) is 4.98 Å². The van der Waals surface area contributed by atoms with Gasteiger partial charge in [0.05, 0.1) is 12.0 Å². The van der Waals surface area contributed by atoms with Crippen molar-refractivity contribution in [2.75, 3.05) is 13.1 Å². The van der Waals surface area contributed by atoms with Crippen molar-refractivity contribution in [2.45, 2.75) is 19.0 Å². The Morgan fingerprint density at radius 2 is 2.22 bits per heavy atom. The first-order valence-electron chi connectivity index (χ1n) is 5.41. The fraction of sp³-hybridized carbons (Fsp3) is 0.500. The van der Waals surface area contributed by atoms with Gasteiger partial charge in [0.1, 0.15) is 12.6 Å². The van der Waals surface area contributed by atoms with E-state index >= 15 is 0 Å². The van der Waals surface area contributed by atoms with Crippen LogP contribution >= 0.6 is 0 Å². The molecule has 1 atom stereocenters. The summed E-state index contributed by atoms with van der Waals surface area (Å²) in [6.07, 6.45) is 3.07. The highest BCUT2D eigenvalue weighted by Gasteiger charge is 2.18. The molecule has 0 aliphatic carbocycles. The number of carboxylic acids is 2. The monoisotopic (exact) mass is 256 g/mol. The molecule has 0 bridgehead atoms. The Hall–Kier alpha value is -1.93. The number of carbonyl (C=O) groups is 2. The molecular weight excluding hydrogens is 240 g/mol. The van der Waals surface area contributed by atoms with Crippen LogP contribution in [0.5, 0.6) is 0 Å². The standard InChI is InChI=1S/C10H16N4O4/c11-1-2-12-8(10(17)18)3-7-4-14(6-13-7)5-9(15)16/h4,6,8,12H,1-3,5,11H2,(H,15,16)(H,17,18). The zero-order chi connectivity index (χ0) is 13.5. The lowest BCUT2D eigenvalue weighted by Crippen LogP contribution is -2.41. The van der Waals surface area contributed by atoms with Gasteiger partial charge in [0, 0.05) is 25.7 Å². The van der Waals surface area contributed by atoms with E-state index < -0.39 is 18.0 Å². The van der Waals surface area contributed by atoms with Crippen molar-refractivity contribution in [2.24, 2.45) is 5.73 Å². The van der Waals surface area contributed by atoms with Crippen molar-refractivity contribution in [1.82, 2.24) is 14.9 Å². The third-order valence-corrected chi connectivity index (χ3v) is 2.25. The number of hydrogen-bond donors (Lipinski definition) is 4. The fourth-order valence-electron chi connectivity index (χ4n) is 1.47. The van der Waals surface area contributed by atoms with Crippen molar-refractivity contribution in [1.29, 1.82) is 0 Å². The van der Waals surface area contributed by atoms with Gasteiger partial charge in [0.15, 0.2) is 0 Å². The molecule has 100 valence electrons. The number of hydrogen-bond acceptors (Lipinski definition) is 5. The van der Waals surface area contributed by atoms with E-state index in [0.29, 0.717) is 18.8 Å². The van der Waals surface area contributed by atoms with E-state index in [1.807, 2.05) is 0 Å². The number of nitrogens with two attached hydrogens (primary N) is 1. The van der Waals surface area contributed by atoms with Crippen LogP contribution in [0, 0.1) is 0 Å². The second-order valence-corrected chi connectivity index (χ2v) is 3.77. The summed E-state index contributed by atoms with van der Waals surface area (Å²) in [6.45, 7) is 0.547. The molecule has 0 aliphatic rings. The zero-order valence-corrected chi connectivity index (χ0v) is 9.74. The Morgan fingerprint density at radius 3 is 2.78 bits per heavy atom. The Bertz CT molecular complexity index is 418. The maximum atomic E-state index is 11.0. The van der Waals surface area contributed by atoms with E-state index in [-0.39, 0.29) is 13.0 Å². The minimum absolute atomic E-state index is 0.182.